The summed E-state index contributed by atoms with van der Waals surface area (Å²) in [6.07, 6.45) is 3.18. The summed E-state index contributed by atoms with van der Waals surface area (Å²) in [5.41, 5.74) is 1.02. The van der Waals surface area contributed by atoms with E-state index in [0.29, 0.717) is 32.5 Å². The third kappa shape index (κ3) is 7.03. The molecular weight excluding hydrogens is 358 g/mol. The second-order valence-corrected chi connectivity index (χ2v) is 7.08. The maximum Gasteiger partial charge on any atom is 0.234 e. The van der Waals surface area contributed by atoms with E-state index in [4.69, 9.17) is 9.47 Å². The second-order valence-electron chi connectivity index (χ2n) is 7.08. The molecule has 0 aliphatic carbocycles. The maximum atomic E-state index is 12.5. The summed E-state index contributed by atoms with van der Waals surface area (Å²) in [6.45, 7) is 6.07. The van der Waals surface area contributed by atoms with Crippen molar-refractivity contribution < 1.29 is 19.1 Å². The third-order valence-corrected chi connectivity index (χ3v) is 4.98. The quantitative estimate of drug-likeness (QED) is 0.615. The van der Waals surface area contributed by atoms with Crippen molar-refractivity contribution in [1.29, 1.82) is 0 Å². The minimum atomic E-state index is 0.0696. The Bertz CT molecular complexity index is 620. The molecule has 0 spiro atoms. The number of hydrogen-bond donors (Lipinski definition) is 1. The first-order valence-corrected chi connectivity index (χ1v) is 10.0. The van der Waals surface area contributed by atoms with E-state index >= 15 is 0 Å². The summed E-state index contributed by atoms with van der Waals surface area (Å²) < 4.78 is 10.6. The summed E-state index contributed by atoms with van der Waals surface area (Å²) >= 11 is 0. The number of piperazine rings is 1. The van der Waals surface area contributed by atoms with Crippen LogP contribution in [0.1, 0.15) is 31.7 Å². The van der Waals surface area contributed by atoms with Crippen molar-refractivity contribution in [3.8, 4) is 11.5 Å². The lowest BCUT2D eigenvalue weighted by Gasteiger charge is -2.34. The summed E-state index contributed by atoms with van der Waals surface area (Å²) in [5, 5.41) is 2.94. The summed E-state index contributed by atoms with van der Waals surface area (Å²) in [4.78, 5) is 28.5. The van der Waals surface area contributed by atoms with Crippen LogP contribution in [0.5, 0.6) is 11.5 Å². The third-order valence-electron chi connectivity index (χ3n) is 4.98. The largest absolute Gasteiger partial charge is 0.497 e. The van der Waals surface area contributed by atoms with Crippen molar-refractivity contribution in [3.63, 3.8) is 0 Å². The van der Waals surface area contributed by atoms with E-state index in [2.05, 4.69) is 17.1 Å². The number of carbonyl (C=O) groups excluding carboxylic acids is 2. The molecule has 0 aromatic heterocycles. The Morgan fingerprint density at radius 1 is 1.04 bits per heavy atom. The van der Waals surface area contributed by atoms with Crippen molar-refractivity contribution in [2.45, 2.75) is 32.6 Å². The highest BCUT2D eigenvalue weighted by Gasteiger charge is 2.22. The lowest BCUT2D eigenvalue weighted by Crippen LogP contribution is -2.51. The van der Waals surface area contributed by atoms with E-state index in [-0.39, 0.29) is 11.8 Å². The molecule has 0 bridgehead atoms. The van der Waals surface area contributed by atoms with Gasteiger partial charge in [-0.2, -0.15) is 0 Å². The predicted octanol–water partition coefficient (Wildman–Crippen LogP) is 1.70. The van der Waals surface area contributed by atoms with Gasteiger partial charge < -0.3 is 19.7 Å². The molecule has 0 unspecified atom stereocenters. The number of unbranched alkanes of at least 4 members (excludes halogenated alkanes) is 1. The normalized spacial score (nSPS) is 14.6. The number of nitrogens with zero attached hydrogens (tertiary/aromatic N) is 2. The van der Waals surface area contributed by atoms with Crippen molar-refractivity contribution in [2.24, 2.45) is 0 Å². The first-order chi connectivity index (χ1) is 13.5. The highest BCUT2D eigenvalue weighted by molar-refractivity contribution is 5.78. The van der Waals surface area contributed by atoms with Crippen LogP contribution in [0.25, 0.3) is 0 Å². The van der Waals surface area contributed by atoms with Gasteiger partial charge in [0, 0.05) is 45.2 Å². The van der Waals surface area contributed by atoms with E-state index in [1.807, 2.05) is 23.1 Å². The van der Waals surface area contributed by atoms with Gasteiger partial charge in [0.25, 0.3) is 0 Å². The standard InChI is InChI=1S/C21H33N3O4/c1-4-5-8-22-20(25)16-23-9-11-24(12-10-23)21(26)7-6-17-13-18(27-2)15-19(14-17)28-3/h13-15H,4-12,16H2,1-3H3,(H,22,25). The van der Waals surface area contributed by atoms with Crippen molar-refractivity contribution in [2.75, 3.05) is 53.5 Å². The molecule has 0 atom stereocenters. The fraction of sp³-hybridized carbons (Fsp3) is 0.619. The second kappa shape index (κ2) is 11.5. The highest BCUT2D eigenvalue weighted by Crippen LogP contribution is 2.23. The van der Waals surface area contributed by atoms with Crippen molar-refractivity contribution in [1.82, 2.24) is 15.1 Å². The summed E-state index contributed by atoms with van der Waals surface area (Å²) in [7, 11) is 3.24. The predicted molar refractivity (Wildman–Crippen MR) is 109 cm³/mol. The Labute approximate surface area is 168 Å². The van der Waals surface area contributed by atoms with Gasteiger partial charge >= 0.3 is 0 Å². The van der Waals surface area contributed by atoms with Crippen molar-refractivity contribution in [3.05, 3.63) is 23.8 Å². The molecule has 1 fully saturated rings. The fourth-order valence-corrected chi connectivity index (χ4v) is 3.24. The van der Waals surface area contributed by atoms with Gasteiger partial charge in [-0.05, 0) is 30.5 Å². The number of aryl methyl sites for hydroxylation is 1. The van der Waals surface area contributed by atoms with Gasteiger partial charge in [-0.25, -0.2) is 0 Å². The molecule has 2 amide bonds. The number of amides is 2. The van der Waals surface area contributed by atoms with Crippen LogP contribution in [0.15, 0.2) is 18.2 Å². The molecule has 7 heteroatoms. The highest BCUT2D eigenvalue weighted by atomic mass is 16.5. The van der Waals surface area contributed by atoms with Gasteiger partial charge in [-0.1, -0.05) is 13.3 Å². The first kappa shape index (κ1) is 22.0. The monoisotopic (exact) mass is 391 g/mol. The van der Waals surface area contributed by atoms with Gasteiger partial charge in [-0.15, -0.1) is 0 Å². The lowest BCUT2D eigenvalue weighted by molar-refractivity contribution is -0.133. The minimum Gasteiger partial charge on any atom is -0.497 e. The number of carbonyl (C=O) groups is 2. The van der Waals surface area contributed by atoms with Gasteiger partial charge in [0.1, 0.15) is 11.5 Å². The van der Waals surface area contributed by atoms with Crippen LogP contribution in [0.4, 0.5) is 0 Å². The minimum absolute atomic E-state index is 0.0696. The number of nitrogens with one attached hydrogen (secondary N) is 1. The zero-order valence-corrected chi connectivity index (χ0v) is 17.3. The Morgan fingerprint density at radius 3 is 2.25 bits per heavy atom. The number of methoxy groups -OCH3 is 2. The molecule has 156 valence electrons. The van der Waals surface area contributed by atoms with E-state index < -0.39 is 0 Å². The van der Waals surface area contributed by atoms with Crippen molar-refractivity contribution >= 4 is 11.8 Å². The molecule has 1 N–H and O–H groups in total. The van der Waals surface area contributed by atoms with Crippen LogP contribution in [0.3, 0.4) is 0 Å². The molecular formula is C21H33N3O4. The zero-order chi connectivity index (χ0) is 20.4. The summed E-state index contributed by atoms with van der Waals surface area (Å²) in [5.74, 6) is 1.68. The van der Waals surface area contributed by atoms with Gasteiger partial charge in [0.15, 0.2) is 0 Å². The molecule has 1 aliphatic heterocycles. The Hall–Kier alpha value is -2.28. The number of rotatable bonds is 10. The zero-order valence-electron chi connectivity index (χ0n) is 17.3. The fourth-order valence-electron chi connectivity index (χ4n) is 3.24. The molecule has 0 saturated carbocycles. The summed E-state index contributed by atoms with van der Waals surface area (Å²) in [6, 6.07) is 5.69. The van der Waals surface area contributed by atoms with Crippen LogP contribution in [0.2, 0.25) is 0 Å². The molecule has 1 aromatic rings. The molecule has 28 heavy (non-hydrogen) atoms. The Morgan fingerprint density at radius 2 is 1.68 bits per heavy atom. The van der Waals surface area contributed by atoms with Gasteiger partial charge in [-0.3, -0.25) is 14.5 Å². The topological polar surface area (TPSA) is 71.1 Å². The van der Waals surface area contributed by atoms with Gasteiger partial charge in [0.05, 0.1) is 20.8 Å². The molecule has 2 rings (SSSR count). The average molecular weight is 392 g/mol. The number of ether oxygens (including phenoxy) is 2. The average Bonchev–Trinajstić information content (AvgIpc) is 2.72. The molecule has 1 saturated heterocycles. The molecule has 0 radical (unpaired) electrons. The van der Waals surface area contributed by atoms with E-state index in [1.165, 1.54) is 0 Å². The molecule has 1 aliphatic rings. The van der Waals surface area contributed by atoms with Crippen LogP contribution in [-0.4, -0.2) is 75.1 Å². The Balaban J connectivity index is 1.74. The molecule has 7 nitrogen and oxygen atoms in total. The number of hydrogen-bond acceptors (Lipinski definition) is 5. The van der Waals surface area contributed by atoms with Gasteiger partial charge in [0.2, 0.25) is 11.8 Å². The molecule has 1 aromatic carbocycles. The first-order valence-electron chi connectivity index (χ1n) is 10.0. The van der Waals surface area contributed by atoms with Crippen LogP contribution >= 0.6 is 0 Å². The maximum absolute atomic E-state index is 12.5. The van der Waals surface area contributed by atoms with Crippen LogP contribution < -0.4 is 14.8 Å². The van der Waals surface area contributed by atoms with E-state index in [9.17, 15) is 9.59 Å². The van der Waals surface area contributed by atoms with E-state index in [1.54, 1.807) is 14.2 Å². The molecule has 1 heterocycles. The number of benzene rings is 1. The Kier molecular flexibility index (Phi) is 9.07. The SMILES string of the molecule is CCCCNC(=O)CN1CCN(C(=O)CCc2cc(OC)cc(OC)c2)CC1. The van der Waals surface area contributed by atoms with Crippen LogP contribution in [0, 0.1) is 0 Å². The van der Waals surface area contributed by atoms with E-state index in [0.717, 1.165) is 49.5 Å². The van der Waals surface area contributed by atoms with Crippen LogP contribution in [-0.2, 0) is 16.0 Å². The smallest absolute Gasteiger partial charge is 0.234 e. The lowest BCUT2D eigenvalue weighted by atomic mass is 10.1.